The Balaban J connectivity index is 1.78. The van der Waals surface area contributed by atoms with Crippen LogP contribution in [-0.2, 0) is 29.6 Å². The lowest BCUT2D eigenvalue weighted by atomic mass is 10.1. The van der Waals surface area contributed by atoms with Crippen LogP contribution < -0.4 is 5.56 Å². The van der Waals surface area contributed by atoms with Crippen LogP contribution in [0, 0.1) is 6.92 Å². The van der Waals surface area contributed by atoms with Crippen LogP contribution in [0.1, 0.15) is 22.8 Å². The summed E-state index contributed by atoms with van der Waals surface area (Å²) in [7, 11) is -4.58. The van der Waals surface area contributed by atoms with Gasteiger partial charge in [0, 0.05) is 19.5 Å². The first-order valence-corrected chi connectivity index (χ1v) is 8.09. The molecule has 0 bridgehead atoms. The minimum Gasteiger partial charge on any atom is -0.742 e. The van der Waals surface area contributed by atoms with E-state index in [9.17, 15) is 17.8 Å². The van der Waals surface area contributed by atoms with Gasteiger partial charge in [0.15, 0.2) is 10.1 Å². The molecular formula is C13H14N3O5S-. The average molecular weight is 324 g/mol. The van der Waals surface area contributed by atoms with Gasteiger partial charge in [-0.1, -0.05) is 0 Å². The minimum absolute atomic E-state index is 0.158. The predicted molar refractivity (Wildman–Crippen MR) is 74.1 cm³/mol. The highest BCUT2D eigenvalue weighted by Crippen LogP contribution is 2.19. The first-order valence-electron chi connectivity index (χ1n) is 6.68. The van der Waals surface area contributed by atoms with Crippen molar-refractivity contribution < 1.29 is 17.4 Å². The van der Waals surface area contributed by atoms with Gasteiger partial charge in [-0.05, 0) is 19.1 Å². The summed E-state index contributed by atoms with van der Waals surface area (Å²) >= 11 is 0. The van der Waals surface area contributed by atoms with Crippen molar-refractivity contribution >= 4 is 10.1 Å². The lowest BCUT2D eigenvalue weighted by Crippen LogP contribution is -2.35. The van der Waals surface area contributed by atoms with Crippen LogP contribution in [0.3, 0.4) is 0 Å². The number of H-pyrrole nitrogens is 1. The van der Waals surface area contributed by atoms with E-state index in [2.05, 4.69) is 9.97 Å². The molecule has 2 aromatic rings. The Bertz CT molecular complexity index is 868. The number of furan rings is 1. The number of fused-ring (bicyclic) bond motifs is 1. The minimum atomic E-state index is -4.58. The highest BCUT2D eigenvalue weighted by Gasteiger charge is 2.21. The second-order valence-electron chi connectivity index (χ2n) is 5.21. The highest BCUT2D eigenvalue weighted by atomic mass is 32.2. The quantitative estimate of drug-likeness (QED) is 0.797. The van der Waals surface area contributed by atoms with Gasteiger partial charge in [-0.25, -0.2) is 13.4 Å². The Morgan fingerprint density at radius 3 is 2.91 bits per heavy atom. The topological polar surface area (TPSA) is 119 Å². The van der Waals surface area contributed by atoms with Gasteiger partial charge in [-0.2, -0.15) is 0 Å². The number of aromatic nitrogens is 2. The van der Waals surface area contributed by atoms with Crippen LogP contribution in [0.2, 0.25) is 0 Å². The zero-order chi connectivity index (χ0) is 15.9. The number of nitrogens with zero attached hydrogens (tertiary/aromatic N) is 2. The molecular weight excluding hydrogens is 310 g/mol. The molecule has 0 aliphatic carbocycles. The third-order valence-corrected chi connectivity index (χ3v) is 4.24. The Labute approximate surface area is 126 Å². The molecule has 3 heterocycles. The molecule has 2 aromatic heterocycles. The van der Waals surface area contributed by atoms with Gasteiger partial charge in [-0.15, -0.1) is 0 Å². The summed E-state index contributed by atoms with van der Waals surface area (Å²) in [4.78, 5) is 20.9. The number of rotatable bonds is 3. The molecule has 0 saturated carbocycles. The first-order chi connectivity index (χ1) is 10.3. The van der Waals surface area contributed by atoms with Crippen LogP contribution in [0.25, 0.3) is 0 Å². The number of hydrogen-bond donors (Lipinski definition) is 1. The second-order valence-corrected chi connectivity index (χ2v) is 6.52. The van der Waals surface area contributed by atoms with E-state index < -0.39 is 15.2 Å². The van der Waals surface area contributed by atoms with Crippen molar-refractivity contribution in [2.75, 3.05) is 6.54 Å². The Kier molecular flexibility index (Phi) is 3.63. The molecule has 0 spiro atoms. The van der Waals surface area contributed by atoms with Crippen LogP contribution in [-0.4, -0.2) is 34.4 Å². The van der Waals surface area contributed by atoms with E-state index in [0.29, 0.717) is 43.2 Å². The van der Waals surface area contributed by atoms with Crippen LogP contribution in [0.5, 0.6) is 0 Å². The maximum Gasteiger partial charge on any atom is 0.255 e. The molecule has 118 valence electrons. The van der Waals surface area contributed by atoms with E-state index >= 15 is 0 Å². The van der Waals surface area contributed by atoms with E-state index in [1.165, 1.54) is 6.07 Å². The summed E-state index contributed by atoms with van der Waals surface area (Å²) < 4.78 is 37.6. The lowest BCUT2D eigenvalue weighted by molar-refractivity contribution is 0.215. The summed E-state index contributed by atoms with van der Waals surface area (Å²) in [6.45, 7) is 3.13. The van der Waals surface area contributed by atoms with Gasteiger partial charge < -0.3 is 14.0 Å². The maximum atomic E-state index is 12.0. The van der Waals surface area contributed by atoms with Crippen molar-refractivity contribution in [1.82, 2.24) is 14.9 Å². The van der Waals surface area contributed by atoms with Crippen molar-refractivity contribution in [2.24, 2.45) is 0 Å². The summed E-state index contributed by atoms with van der Waals surface area (Å²) in [5, 5.41) is -0.588. The van der Waals surface area contributed by atoms with E-state index in [1.807, 2.05) is 4.90 Å². The number of nitrogens with one attached hydrogen (secondary N) is 1. The zero-order valence-electron chi connectivity index (χ0n) is 11.8. The van der Waals surface area contributed by atoms with Crippen LogP contribution in [0.15, 0.2) is 26.4 Å². The van der Waals surface area contributed by atoms with Crippen molar-refractivity contribution in [3.8, 4) is 0 Å². The second kappa shape index (κ2) is 5.34. The number of hydrogen-bond acceptors (Lipinski definition) is 7. The molecule has 0 aromatic carbocycles. The van der Waals surface area contributed by atoms with Gasteiger partial charge in [0.05, 0.1) is 17.8 Å². The molecule has 8 nitrogen and oxygen atoms in total. The van der Waals surface area contributed by atoms with Crippen molar-refractivity contribution in [1.29, 1.82) is 0 Å². The van der Waals surface area contributed by atoms with Gasteiger partial charge >= 0.3 is 0 Å². The Morgan fingerprint density at radius 1 is 1.45 bits per heavy atom. The molecule has 9 heteroatoms. The lowest BCUT2D eigenvalue weighted by Gasteiger charge is -2.26. The van der Waals surface area contributed by atoms with Gasteiger partial charge in [0.25, 0.3) is 5.56 Å². The first kappa shape index (κ1) is 14.9. The molecule has 22 heavy (non-hydrogen) atoms. The third-order valence-electron chi connectivity index (χ3n) is 3.53. The standard InChI is InChI=1S/C13H15N3O5S/c1-8-14-11-4-5-16(7-10(11)13(17)15-8)6-9-2-3-12(21-9)22(18,19)20/h2-3H,4-7H2,1H3,(H,14,15,17)(H,18,19,20)/p-1. The van der Waals surface area contributed by atoms with E-state index in [1.54, 1.807) is 6.92 Å². The zero-order valence-corrected chi connectivity index (χ0v) is 12.6. The molecule has 0 fully saturated rings. The Hall–Kier alpha value is -1.97. The SMILES string of the molecule is Cc1nc2c(c(=O)[nH]1)CN(Cc1ccc(S(=O)(=O)[O-])o1)CC2. The summed E-state index contributed by atoms with van der Waals surface area (Å²) in [6, 6.07) is 2.60. The predicted octanol–water partition coefficient (Wildman–Crippen LogP) is 0.134. The fourth-order valence-corrected chi connectivity index (χ4v) is 2.98. The molecule has 0 radical (unpaired) electrons. The largest absolute Gasteiger partial charge is 0.742 e. The van der Waals surface area contributed by atoms with Crippen molar-refractivity contribution in [3.05, 3.63) is 45.3 Å². The fraction of sp³-hybridized carbons (Fsp3) is 0.385. The molecule has 0 atom stereocenters. The molecule has 1 aliphatic rings. The molecule has 0 unspecified atom stereocenters. The van der Waals surface area contributed by atoms with Gasteiger partial charge in [-0.3, -0.25) is 9.69 Å². The smallest absolute Gasteiger partial charge is 0.255 e. The Morgan fingerprint density at radius 2 is 2.23 bits per heavy atom. The molecule has 0 saturated heterocycles. The van der Waals surface area contributed by atoms with Crippen molar-refractivity contribution in [3.63, 3.8) is 0 Å². The fourth-order valence-electron chi connectivity index (χ4n) is 2.54. The van der Waals surface area contributed by atoms with Gasteiger partial charge in [0.2, 0.25) is 5.09 Å². The number of aromatic amines is 1. The van der Waals surface area contributed by atoms with Crippen LogP contribution >= 0.6 is 0 Å². The maximum absolute atomic E-state index is 12.0. The van der Waals surface area contributed by atoms with Crippen LogP contribution in [0.4, 0.5) is 0 Å². The highest BCUT2D eigenvalue weighted by molar-refractivity contribution is 7.85. The van der Waals surface area contributed by atoms with Crippen molar-refractivity contribution in [2.45, 2.75) is 31.5 Å². The molecule has 1 aliphatic heterocycles. The van der Waals surface area contributed by atoms with Gasteiger partial charge in [0.1, 0.15) is 11.6 Å². The molecule has 0 amide bonds. The van der Waals surface area contributed by atoms with E-state index in [4.69, 9.17) is 4.42 Å². The monoisotopic (exact) mass is 324 g/mol. The molecule has 3 rings (SSSR count). The summed E-state index contributed by atoms with van der Waals surface area (Å²) in [5.41, 5.74) is 1.24. The third kappa shape index (κ3) is 2.96. The average Bonchev–Trinajstić information content (AvgIpc) is 2.88. The van der Waals surface area contributed by atoms with E-state index in [0.717, 1.165) is 11.8 Å². The van der Waals surface area contributed by atoms with E-state index in [-0.39, 0.29) is 5.56 Å². The summed E-state index contributed by atoms with van der Waals surface area (Å²) in [6.07, 6.45) is 0.632. The molecule has 1 N–H and O–H groups in total. The number of aryl methyl sites for hydroxylation is 1. The normalized spacial score (nSPS) is 15.7. The summed E-state index contributed by atoms with van der Waals surface area (Å²) in [5.74, 6) is 0.961.